The number of carbonyl (C=O) groups excluding carboxylic acids is 1. The maximum absolute atomic E-state index is 12.3. The monoisotopic (exact) mass is 305 g/mol. The summed E-state index contributed by atoms with van der Waals surface area (Å²) in [5.74, 6) is 0.820. The number of carbonyl (C=O) groups is 1. The van der Waals surface area contributed by atoms with E-state index in [1.807, 2.05) is 0 Å². The van der Waals surface area contributed by atoms with Gasteiger partial charge in [-0.3, -0.25) is 4.79 Å². The first kappa shape index (κ1) is 15.9. The molecule has 0 aliphatic rings. The summed E-state index contributed by atoms with van der Waals surface area (Å²) in [4.78, 5) is 12.3. The lowest BCUT2D eigenvalue weighted by Gasteiger charge is -2.21. The van der Waals surface area contributed by atoms with Crippen LogP contribution in [0.25, 0.3) is 0 Å². The van der Waals surface area contributed by atoms with Gasteiger partial charge in [-0.2, -0.15) is 0 Å². The van der Waals surface area contributed by atoms with Crippen molar-refractivity contribution in [1.82, 2.24) is 5.32 Å². The van der Waals surface area contributed by atoms with Crippen LogP contribution in [-0.2, 0) is 5.60 Å². The van der Waals surface area contributed by atoms with Crippen LogP contribution >= 0.6 is 0 Å². The largest absolute Gasteiger partial charge is 0.493 e. The number of aliphatic hydroxyl groups is 1. The molecule has 1 aromatic carbocycles. The molecule has 6 heteroatoms. The number of ether oxygens (including phenoxy) is 2. The van der Waals surface area contributed by atoms with Crippen molar-refractivity contribution in [1.29, 1.82) is 0 Å². The Morgan fingerprint density at radius 2 is 2.05 bits per heavy atom. The number of benzene rings is 1. The van der Waals surface area contributed by atoms with E-state index in [1.165, 1.54) is 20.5 Å². The molecular formula is C16H19NO5. The number of amides is 1. The number of rotatable bonds is 6. The second-order valence-electron chi connectivity index (χ2n) is 4.97. The van der Waals surface area contributed by atoms with Crippen LogP contribution < -0.4 is 14.8 Å². The highest BCUT2D eigenvalue weighted by molar-refractivity contribution is 5.97. The Morgan fingerprint density at radius 3 is 2.64 bits per heavy atom. The predicted molar refractivity (Wildman–Crippen MR) is 80.2 cm³/mol. The molecule has 2 N–H and O–H groups in total. The third-order valence-corrected chi connectivity index (χ3v) is 3.29. The zero-order valence-electron chi connectivity index (χ0n) is 12.8. The fourth-order valence-electron chi connectivity index (χ4n) is 2.09. The quantitative estimate of drug-likeness (QED) is 0.852. The Balaban J connectivity index is 2.13. The highest BCUT2D eigenvalue weighted by Gasteiger charge is 2.27. The molecule has 0 bridgehead atoms. The van der Waals surface area contributed by atoms with Crippen molar-refractivity contribution in [3.63, 3.8) is 0 Å². The molecule has 0 aliphatic heterocycles. The van der Waals surface area contributed by atoms with Gasteiger partial charge in [-0.1, -0.05) is 6.07 Å². The lowest BCUT2D eigenvalue weighted by molar-refractivity contribution is 0.0330. The molecular weight excluding hydrogens is 286 g/mol. The molecule has 0 saturated heterocycles. The van der Waals surface area contributed by atoms with Gasteiger partial charge >= 0.3 is 0 Å². The average Bonchev–Trinajstić information content (AvgIpc) is 3.07. The maximum atomic E-state index is 12.3. The Morgan fingerprint density at radius 1 is 1.27 bits per heavy atom. The standard InChI is InChI=1S/C16H19NO5/c1-16(19,13-8-5-9-22-13)10-17-15(18)11-6-4-7-12(20-2)14(11)21-3/h4-9,19H,10H2,1-3H3,(H,17,18). The van der Waals surface area contributed by atoms with Gasteiger partial charge in [0.05, 0.1) is 32.6 Å². The van der Waals surface area contributed by atoms with Gasteiger partial charge in [0.15, 0.2) is 11.5 Å². The third-order valence-electron chi connectivity index (χ3n) is 3.29. The van der Waals surface area contributed by atoms with Crippen LogP contribution in [0, 0.1) is 0 Å². The summed E-state index contributed by atoms with van der Waals surface area (Å²) in [5.41, 5.74) is -0.970. The Kier molecular flexibility index (Phi) is 4.72. The molecule has 1 amide bonds. The van der Waals surface area contributed by atoms with Gasteiger partial charge in [0, 0.05) is 0 Å². The van der Waals surface area contributed by atoms with E-state index < -0.39 is 5.60 Å². The molecule has 2 rings (SSSR count). The molecule has 0 radical (unpaired) electrons. The minimum atomic E-state index is -1.30. The van der Waals surface area contributed by atoms with Gasteiger partial charge in [-0.05, 0) is 31.2 Å². The number of methoxy groups -OCH3 is 2. The summed E-state index contributed by atoms with van der Waals surface area (Å²) in [5, 5.41) is 13.0. The SMILES string of the molecule is COc1cccc(C(=O)NCC(C)(O)c2ccco2)c1OC. The van der Waals surface area contributed by atoms with Gasteiger partial charge < -0.3 is 24.3 Å². The first-order chi connectivity index (χ1) is 10.5. The number of hydrogen-bond acceptors (Lipinski definition) is 5. The molecule has 118 valence electrons. The van der Waals surface area contributed by atoms with Crippen LogP contribution in [0.2, 0.25) is 0 Å². The normalized spacial score (nSPS) is 13.3. The van der Waals surface area contributed by atoms with Crippen molar-refractivity contribution in [2.24, 2.45) is 0 Å². The maximum Gasteiger partial charge on any atom is 0.255 e. The molecule has 1 atom stereocenters. The van der Waals surface area contributed by atoms with E-state index in [-0.39, 0.29) is 12.5 Å². The van der Waals surface area contributed by atoms with Crippen LogP contribution in [-0.4, -0.2) is 31.8 Å². The van der Waals surface area contributed by atoms with E-state index in [0.717, 1.165) is 0 Å². The van der Waals surface area contributed by atoms with E-state index in [4.69, 9.17) is 13.9 Å². The molecule has 2 aromatic rings. The van der Waals surface area contributed by atoms with Gasteiger partial charge in [0.2, 0.25) is 0 Å². The molecule has 6 nitrogen and oxygen atoms in total. The fourth-order valence-corrected chi connectivity index (χ4v) is 2.09. The Labute approximate surface area is 128 Å². The van der Waals surface area contributed by atoms with Crippen molar-refractivity contribution in [3.8, 4) is 11.5 Å². The molecule has 0 fully saturated rings. The van der Waals surface area contributed by atoms with E-state index >= 15 is 0 Å². The van der Waals surface area contributed by atoms with Crippen LogP contribution in [0.3, 0.4) is 0 Å². The van der Waals surface area contributed by atoms with Crippen LogP contribution in [0.4, 0.5) is 0 Å². The lowest BCUT2D eigenvalue weighted by atomic mass is 10.0. The zero-order chi connectivity index (χ0) is 16.2. The summed E-state index contributed by atoms with van der Waals surface area (Å²) >= 11 is 0. The average molecular weight is 305 g/mol. The number of para-hydroxylation sites is 1. The van der Waals surface area contributed by atoms with E-state index in [9.17, 15) is 9.90 Å². The lowest BCUT2D eigenvalue weighted by Crippen LogP contribution is -2.38. The van der Waals surface area contributed by atoms with Gasteiger partial charge in [-0.25, -0.2) is 0 Å². The predicted octanol–water partition coefficient (Wildman–Crippen LogP) is 1.93. The van der Waals surface area contributed by atoms with Crippen LogP contribution in [0.15, 0.2) is 41.0 Å². The van der Waals surface area contributed by atoms with Gasteiger partial charge in [0.25, 0.3) is 5.91 Å². The zero-order valence-corrected chi connectivity index (χ0v) is 12.8. The van der Waals surface area contributed by atoms with E-state index in [1.54, 1.807) is 37.3 Å². The fraction of sp³-hybridized carbons (Fsp3) is 0.312. The van der Waals surface area contributed by atoms with Gasteiger partial charge in [-0.15, -0.1) is 0 Å². The van der Waals surface area contributed by atoms with Crippen molar-refractivity contribution < 1.29 is 23.8 Å². The van der Waals surface area contributed by atoms with Crippen LogP contribution in [0.5, 0.6) is 11.5 Å². The summed E-state index contributed by atoms with van der Waals surface area (Å²) < 4.78 is 15.6. The first-order valence-electron chi connectivity index (χ1n) is 6.75. The third kappa shape index (κ3) is 3.23. The van der Waals surface area contributed by atoms with E-state index in [0.29, 0.717) is 22.8 Å². The smallest absolute Gasteiger partial charge is 0.255 e. The molecule has 1 unspecified atom stereocenters. The molecule has 22 heavy (non-hydrogen) atoms. The van der Waals surface area contributed by atoms with Crippen molar-refractivity contribution in [3.05, 3.63) is 47.9 Å². The minimum Gasteiger partial charge on any atom is -0.493 e. The highest BCUT2D eigenvalue weighted by Crippen LogP contribution is 2.30. The van der Waals surface area contributed by atoms with Gasteiger partial charge in [0.1, 0.15) is 11.4 Å². The topological polar surface area (TPSA) is 80.9 Å². The first-order valence-corrected chi connectivity index (χ1v) is 6.75. The molecule has 1 heterocycles. The Bertz CT molecular complexity index is 634. The number of furan rings is 1. The van der Waals surface area contributed by atoms with Crippen molar-refractivity contribution in [2.75, 3.05) is 20.8 Å². The summed E-state index contributed by atoms with van der Waals surface area (Å²) in [7, 11) is 2.97. The second kappa shape index (κ2) is 6.53. The second-order valence-corrected chi connectivity index (χ2v) is 4.97. The highest BCUT2D eigenvalue weighted by atomic mass is 16.5. The molecule has 0 spiro atoms. The number of nitrogens with one attached hydrogen (secondary N) is 1. The van der Waals surface area contributed by atoms with Crippen LogP contribution in [0.1, 0.15) is 23.0 Å². The van der Waals surface area contributed by atoms with E-state index in [2.05, 4.69) is 5.32 Å². The molecule has 0 saturated carbocycles. The number of hydrogen-bond donors (Lipinski definition) is 2. The van der Waals surface area contributed by atoms with Crippen molar-refractivity contribution in [2.45, 2.75) is 12.5 Å². The molecule has 0 aliphatic carbocycles. The van der Waals surface area contributed by atoms with Crippen molar-refractivity contribution >= 4 is 5.91 Å². The minimum absolute atomic E-state index is 0.000287. The molecule has 1 aromatic heterocycles. The Hall–Kier alpha value is -2.47. The summed E-state index contributed by atoms with van der Waals surface area (Å²) in [6, 6.07) is 8.35. The summed E-state index contributed by atoms with van der Waals surface area (Å²) in [6.07, 6.45) is 1.47. The summed E-state index contributed by atoms with van der Waals surface area (Å²) in [6.45, 7) is 1.56.